The van der Waals surface area contributed by atoms with Crippen molar-refractivity contribution in [2.24, 2.45) is 16.8 Å². The van der Waals surface area contributed by atoms with Gasteiger partial charge in [-0.05, 0) is 18.4 Å². The molecule has 1 aromatic rings. The van der Waals surface area contributed by atoms with Crippen LogP contribution in [0.2, 0.25) is 0 Å². The van der Waals surface area contributed by atoms with Crippen molar-refractivity contribution >= 4 is 15.9 Å². The topological polar surface area (TPSA) is 96.0 Å². The molecule has 1 saturated heterocycles. The van der Waals surface area contributed by atoms with Gasteiger partial charge in [-0.3, -0.25) is 0 Å². The highest BCUT2D eigenvalue weighted by Crippen LogP contribution is 2.21. The van der Waals surface area contributed by atoms with Crippen molar-refractivity contribution in [2.75, 3.05) is 13.1 Å². The maximum Gasteiger partial charge on any atom is 0.218 e. The van der Waals surface area contributed by atoms with E-state index in [4.69, 9.17) is 10.9 Å². The predicted molar refractivity (Wildman–Crippen MR) is 76.8 cm³/mol. The van der Waals surface area contributed by atoms with E-state index in [-0.39, 0.29) is 17.5 Å². The normalized spacial score (nSPS) is 19.1. The van der Waals surface area contributed by atoms with Crippen molar-refractivity contribution in [1.29, 1.82) is 0 Å². The Bertz CT molecular complexity index is 564. The van der Waals surface area contributed by atoms with Gasteiger partial charge in [-0.15, -0.1) is 0 Å². The average molecular weight is 297 g/mol. The highest BCUT2D eigenvalue weighted by molar-refractivity contribution is 7.88. The summed E-state index contributed by atoms with van der Waals surface area (Å²) in [5.74, 6) is 0.163. The number of sulfonamides is 1. The van der Waals surface area contributed by atoms with Gasteiger partial charge >= 0.3 is 0 Å². The van der Waals surface area contributed by atoms with Crippen LogP contribution in [0, 0.1) is 5.92 Å². The minimum atomic E-state index is -3.30. The van der Waals surface area contributed by atoms with E-state index in [1.54, 1.807) is 12.1 Å². The molecule has 0 bridgehead atoms. The molecule has 0 spiro atoms. The molecule has 0 radical (unpaired) electrons. The van der Waals surface area contributed by atoms with Gasteiger partial charge in [0.25, 0.3) is 0 Å². The third-order valence-corrected chi connectivity index (χ3v) is 5.42. The monoisotopic (exact) mass is 297 g/mol. The van der Waals surface area contributed by atoms with Crippen molar-refractivity contribution < 1.29 is 13.6 Å². The first-order chi connectivity index (χ1) is 9.53. The Hall–Kier alpha value is -1.60. The molecule has 0 atom stereocenters. The van der Waals surface area contributed by atoms with Gasteiger partial charge < -0.3 is 10.9 Å². The summed E-state index contributed by atoms with van der Waals surface area (Å²) >= 11 is 0. The molecular formula is C13H19N3O3S. The van der Waals surface area contributed by atoms with Crippen LogP contribution in [0.25, 0.3) is 0 Å². The van der Waals surface area contributed by atoms with Crippen molar-refractivity contribution in [3.05, 3.63) is 35.9 Å². The van der Waals surface area contributed by atoms with Gasteiger partial charge in [0.15, 0.2) is 0 Å². The second-order valence-electron chi connectivity index (χ2n) is 4.94. The molecule has 3 N–H and O–H groups in total. The smallest absolute Gasteiger partial charge is 0.218 e. The second-order valence-corrected chi connectivity index (χ2v) is 6.91. The Balaban J connectivity index is 1.99. The van der Waals surface area contributed by atoms with Crippen LogP contribution in [0.4, 0.5) is 0 Å². The van der Waals surface area contributed by atoms with Crippen molar-refractivity contribution in [3.63, 3.8) is 0 Å². The fraction of sp³-hybridized carbons (Fsp3) is 0.462. The van der Waals surface area contributed by atoms with Crippen molar-refractivity contribution in [1.82, 2.24) is 4.31 Å². The van der Waals surface area contributed by atoms with Crippen LogP contribution in [0.15, 0.2) is 35.5 Å². The number of nitrogens with zero attached hydrogens (tertiary/aromatic N) is 2. The molecule has 20 heavy (non-hydrogen) atoms. The van der Waals surface area contributed by atoms with Gasteiger partial charge in [0.2, 0.25) is 10.0 Å². The predicted octanol–water partition coefficient (Wildman–Crippen LogP) is 0.975. The number of rotatable bonds is 4. The van der Waals surface area contributed by atoms with E-state index in [1.165, 1.54) is 4.31 Å². The summed E-state index contributed by atoms with van der Waals surface area (Å²) in [6.45, 7) is 0.826. The molecule has 1 heterocycles. The largest absolute Gasteiger partial charge is 0.409 e. The van der Waals surface area contributed by atoms with Crippen LogP contribution in [-0.4, -0.2) is 36.9 Å². The van der Waals surface area contributed by atoms with Gasteiger partial charge in [-0.25, -0.2) is 12.7 Å². The van der Waals surface area contributed by atoms with E-state index in [1.807, 2.05) is 18.2 Å². The summed E-state index contributed by atoms with van der Waals surface area (Å²) in [6, 6.07) is 9.13. The zero-order valence-corrected chi connectivity index (χ0v) is 12.0. The van der Waals surface area contributed by atoms with E-state index < -0.39 is 10.0 Å². The molecule has 0 unspecified atom stereocenters. The Labute approximate surface area is 118 Å². The Morgan fingerprint density at radius 1 is 1.30 bits per heavy atom. The molecule has 0 amide bonds. The fourth-order valence-electron chi connectivity index (χ4n) is 2.39. The Morgan fingerprint density at radius 2 is 1.90 bits per heavy atom. The van der Waals surface area contributed by atoms with Crippen LogP contribution in [0.5, 0.6) is 0 Å². The molecule has 0 aromatic heterocycles. The molecule has 1 aliphatic rings. The minimum absolute atomic E-state index is 0.0160. The quantitative estimate of drug-likeness (QED) is 0.375. The molecule has 1 aromatic carbocycles. The SMILES string of the molecule is NC(=NO)C1CCN(S(=O)(=O)Cc2ccccc2)CC1. The fourth-order valence-corrected chi connectivity index (χ4v) is 3.95. The third kappa shape index (κ3) is 3.49. The maximum atomic E-state index is 12.3. The number of benzene rings is 1. The molecule has 1 fully saturated rings. The Morgan fingerprint density at radius 3 is 2.45 bits per heavy atom. The van der Waals surface area contributed by atoms with Crippen LogP contribution < -0.4 is 5.73 Å². The summed E-state index contributed by atoms with van der Waals surface area (Å²) < 4.78 is 26.1. The first-order valence-corrected chi connectivity index (χ1v) is 8.13. The minimum Gasteiger partial charge on any atom is -0.409 e. The van der Waals surface area contributed by atoms with Crippen molar-refractivity contribution in [3.8, 4) is 0 Å². The summed E-state index contributed by atoms with van der Waals surface area (Å²) in [6.07, 6.45) is 1.17. The van der Waals surface area contributed by atoms with Crippen LogP contribution in [0.3, 0.4) is 0 Å². The van der Waals surface area contributed by atoms with E-state index in [0.29, 0.717) is 25.9 Å². The van der Waals surface area contributed by atoms with Gasteiger partial charge in [0.1, 0.15) is 5.84 Å². The first-order valence-electron chi connectivity index (χ1n) is 6.52. The number of oxime groups is 1. The maximum absolute atomic E-state index is 12.3. The number of piperidine rings is 1. The molecule has 110 valence electrons. The molecule has 0 saturated carbocycles. The zero-order valence-electron chi connectivity index (χ0n) is 11.1. The number of nitrogens with two attached hydrogens (primary N) is 1. The molecule has 6 nitrogen and oxygen atoms in total. The highest BCUT2D eigenvalue weighted by Gasteiger charge is 2.29. The second kappa shape index (κ2) is 6.23. The highest BCUT2D eigenvalue weighted by atomic mass is 32.2. The number of hydrogen-bond donors (Lipinski definition) is 2. The van der Waals surface area contributed by atoms with Crippen LogP contribution >= 0.6 is 0 Å². The lowest BCUT2D eigenvalue weighted by molar-refractivity contribution is 0.291. The van der Waals surface area contributed by atoms with Crippen LogP contribution in [0.1, 0.15) is 18.4 Å². The molecule has 1 aliphatic heterocycles. The van der Waals surface area contributed by atoms with Crippen LogP contribution in [-0.2, 0) is 15.8 Å². The van der Waals surface area contributed by atoms with Gasteiger partial charge in [0.05, 0.1) is 5.75 Å². The lowest BCUT2D eigenvalue weighted by Crippen LogP contribution is -2.42. The van der Waals surface area contributed by atoms with Gasteiger partial charge in [-0.2, -0.15) is 0 Å². The van der Waals surface area contributed by atoms with E-state index in [0.717, 1.165) is 5.56 Å². The molecule has 0 aliphatic carbocycles. The van der Waals surface area contributed by atoms with E-state index in [9.17, 15) is 8.42 Å². The zero-order chi connectivity index (χ0) is 14.6. The summed E-state index contributed by atoms with van der Waals surface area (Å²) in [4.78, 5) is 0. The molecular weight excluding hydrogens is 278 g/mol. The lowest BCUT2D eigenvalue weighted by atomic mass is 9.97. The van der Waals surface area contributed by atoms with E-state index >= 15 is 0 Å². The molecule has 2 rings (SSSR count). The lowest BCUT2D eigenvalue weighted by Gasteiger charge is -2.30. The first kappa shape index (κ1) is 14.8. The number of amidine groups is 1. The average Bonchev–Trinajstić information content (AvgIpc) is 2.47. The van der Waals surface area contributed by atoms with E-state index in [2.05, 4.69) is 5.16 Å². The Kier molecular flexibility index (Phi) is 4.61. The van der Waals surface area contributed by atoms with Gasteiger partial charge in [0, 0.05) is 19.0 Å². The third-order valence-electron chi connectivity index (χ3n) is 3.57. The van der Waals surface area contributed by atoms with Gasteiger partial charge in [-0.1, -0.05) is 35.5 Å². The summed E-state index contributed by atoms with van der Waals surface area (Å²) in [5.41, 5.74) is 6.34. The van der Waals surface area contributed by atoms with Crippen molar-refractivity contribution in [2.45, 2.75) is 18.6 Å². The number of hydrogen-bond acceptors (Lipinski definition) is 4. The standard InChI is InChI=1S/C13H19N3O3S/c14-13(15-17)12-6-8-16(9-7-12)20(18,19)10-11-4-2-1-3-5-11/h1-5,12,17H,6-10H2,(H2,14,15). The summed E-state index contributed by atoms with van der Waals surface area (Å²) in [5, 5.41) is 11.6. The molecule has 7 heteroatoms. The summed E-state index contributed by atoms with van der Waals surface area (Å²) in [7, 11) is -3.30.